The van der Waals surface area contributed by atoms with Crippen molar-refractivity contribution in [1.82, 2.24) is 4.90 Å². The third-order valence-electron chi connectivity index (χ3n) is 4.45. The van der Waals surface area contributed by atoms with Gasteiger partial charge in [0.05, 0.1) is 12.2 Å². The van der Waals surface area contributed by atoms with Crippen molar-refractivity contribution in [2.75, 3.05) is 19.7 Å². The Morgan fingerprint density at radius 2 is 2.14 bits per heavy atom. The molecule has 0 fully saturated rings. The lowest BCUT2D eigenvalue weighted by molar-refractivity contribution is 0.0696. The fraction of sp³-hybridized carbons (Fsp3) is 0.412. The van der Waals surface area contributed by atoms with Crippen LogP contribution in [0.25, 0.3) is 5.57 Å². The fourth-order valence-corrected chi connectivity index (χ4v) is 3.34. The van der Waals surface area contributed by atoms with E-state index >= 15 is 0 Å². The normalized spacial score (nSPS) is 16.4. The average Bonchev–Trinajstić information content (AvgIpc) is 2.87. The van der Waals surface area contributed by atoms with Crippen molar-refractivity contribution in [3.8, 4) is 0 Å². The van der Waals surface area contributed by atoms with Crippen molar-refractivity contribution in [3.05, 3.63) is 40.0 Å². The van der Waals surface area contributed by atoms with Gasteiger partial charge in [-0.15, -0.1) is 0 Å². The Morgan fingerprint density at radius 3 is 2.82 bits per heavy atom. The third kappa shape index (κ3) is 2.26. The van der Waals surface area contributed by atoms with Crippen LogP contribution in [0.4, 0.5) is 4.79 Å². The van der Waals surface area contributed by atoms with E-state index in [1.807, 2.05) is 13.0 Å². The lowest BCUT2D eigenvalue weighted by Gasteiger charge is -2.28. The summed E-state index contributed by atoms with van der Waals surface area (Å²) in [6, 6.07) is 3.53. The van der Waals surface area contributed by atoms with Crippen LogP contribution >= 0.6 is 0 Å². The number of carbonyl (C=O) groups excluding carboxylic acids is 1. The molecule has 1 aromatic rings. The first-order valence-electron chi connectivity index (χ1n) is 7.51. The largest absolute Gasteiger partial charge is 0.478 e. The number of carboxylic acids is 1. The maximum Gasteiger partial charge on any atom is 0.410 e. The number of hydrogen-bond acceptors (Lipinski definition) is 3. The molecule has 0 saturated heterocycles. The molecule has 1 aliphatic carbocycles. The topological polar surface area (TPSA) is 66.8 Å². The molecule has 0 aromatic heterocycles. The van der Waals surface area contributed by atoms with Crippen molar-refractivity contribution in [2.24, 2.45) is 0 Å². The number of ether oxygens (including phenoxy) is 1. The number of aryl methyl sites for hydroxylation is 1. The number of benzene rings is 1. The summed E-state index contributed by atoms with van der Waals surface area (Å²) in [6.07, 6.45) is 1.25. The van der Waals surface area contributed by atoms with Gasteiger partial charge in [0.15, 0.2) is 0 Å². The molecule has 1 heterocycles. The van der Waals surface area contributed by atoms with Crippen LogP contribution < -0.4 is 0 Å². The standard InChI is InChI=1S/C17H19NO4/c1-3-22-17(21)18-7-6-11-8-13-10(2)4-5-12(16(19)20)15(13)14(11)9-18/h4-5H,3,6-9H2,1-2H3,(H,19,20). The smallest absolute Gasteiger partial charge is 0.410 e. The lowest BCUT2D eigenvalue weighted by atomic mass is 9.94. The molecule has 116 valence electrons. The average molecular weight is 301 g/mol. The third-order valence-corrected chi connectivity index (χ3v) is 4.45. The highest BCUT2D eigenvalue weighted by molar-refractivity contribution is 5.98. The molecule has 2 aliphatic rings. The quantitative estimate of drug-likeness (QED) is 0.912. The molecule has 0 saturated carbocycles. The van der Waals surface area contributed by atoms with E-state index < -0.39 is 5.97 Å². The van der Waals surface area contributed by atoms with Crippen molar-refractivity contribution < 1.29 is 19.4 Å². The zero-order valence-corrected chi connectivity index (χ0v) is 12.8. The van der Waals surface area contributed by atoms with E-state index in [-0.39, 0.29) is 6.09 Å². The molecule has 1 aromatic carbocycles. The van der Waals surface area contributed by atoms with E-state index in [9.17, 15) is 14.7 Å². The molecule has 0 atom stereocenters. The van der Waals surface area contributed by atoms with Gasteiger partial charge in [-0.05, 0) is 55.0 Å². The van der Waals surface area contributed by atoms with Crippen LogP contribution in [-0.2, 0) is 11.2 Å². The van der Waals surface area contributed by atoms with Gasteiger partial charge < -0.3 is 14.7 Å². The van der Waals surface area contributed by atoms with Crippen LogP contribution in [0.3, 0.4) is 0 Å². The van der Waals surface area contributed by atoms with Crippen LogP contribution in [0.1, 0.15) is 40.4 Å². The number of carboxylic acid groups (broad SMARTS) is 1. The lowest BCUT2D eigenvalue weighted by Crippen LogP contribution is -2.36. The monoisotopic (exact) mass is 301 g/mol. The highest BCUT2D eigenvalue weighted by Gasteiger charge is 2.33. The van der Waals surface area contributed by atoms with E-state index in [4.69, 9.17) is 4.74 Å². The van der Waals surface area contributed by atoms with Gasteiger partial charge in [0, 0.05) is 13.1 Å². The Bertz CT molecular complexity index is 690. The van der Waals surface area contributed by atoms with Crippen molar-refractivity contribution in [3.63, 3.8) is 0 Å². The molecule has 1 amide bonds. The SMILES string of the molecule is CCOC(=O)N1CCC2=C(C1)c1c(C(=O)O)ccc(C)c1C2. The van der Waals surface area contributed by atoms with Gasteiger partial charge in [-0.25, -0.2) is 9.59 Å². The zero-order chi connectivity index (χ0) is 15.9. The summed E-state index contributed by atoms with van der Waals surface area (Å²) in [4.78, 5) is 25.1. The molecular weight excluding hydrogens is 282 g/mol. The van der Waals surface area contributed by atoms with E-state index in [0.29, 0.717) is 25.3 Å². The van der Waals surface area contributed by atoms with Gasteiger partial charge in [-0.3, -0.25) is 0 Å². The molecule has 0 unspecified atom stereocenters. The molecular formula is C17H19NO4. The minimum atomic E-state index is -0.918. The number of amides is 1. The molecule has 1 aliphatic heterocycles. The van der Waals surface area contributed by atoms with Crippen LogP contribution in [0.2, 0.25) is 0 Å². The predicted octanol–water partition coefficient (Wildman–Crippen LogP) is 2.87. The summed E-state index contributed by atoms with van der Waals surface area (Å²) in [6.45, 7) is 5.20. The Balaban J connectivity index is 2.00. The molecule has 1 N–H and O–H groups in total. The first kappa shape index (κ1) is 14.6. The molecule has 0 radical (unpaired) electrons. The number of hydrogen-bond donors (Lipinski definition) is 1. The van der Waals surface area contributed by atoms with Crippen molar-refractivity contribution in [1.29, 1.82) is 0 Å². The maximum atomic E-state index is 11.9. The second-order valence-electron chi connectivity index (χ2n) is 5.72. The summed E-state index contributed by atoms with van der Waals surface area (Å²) in [7, 11) is 0. The molecule has 0 bridgehead atoms. The molecule has 22 heavy (non-hydrogen) atoms. The van der Waals surface area contributed by atoms with Gasteiger partial charge in [0.2, 0.25) is 0 Å². The highest BCUT2D eigenvalue weighted by Crippen LogP contribution is 2.41. The van der Waals surface area contributed by atoms with Crippen LogP contribution in [-0.4, -0.2) is 41.8 Å². The first-order chi connectivity index (χ1) is 10.5. The molecule has 0 spiro atoms. The minimum Gasteiger partial charge on any atom is -0.478 e. The van der Waals surface area contributed by atoms with E-state index in [1.165, 1.54) is 5.57 Å². The van der Waals surface area contributed by atoms with E-state index in [0.717, 1.165) is 35.1 Å². The summed E-state index contributed by atoms with van der Waals surface area (Å²) in [5.74, 6) is -0.918. The van der Waals surface area contributed by atoms with Gasteiger partial charge in [-0.1, -0.05) is 11.6 Å². The maximum absolute atomic E-state index is 11.9. The second kappa shape index (κ2) is 5.48. The van der Waals surface area contributed by atoms with Crippen LogP contribution in [0.15, 0.2) is 17.7 Å². The van der Waals surface area contributed by atoms with E-state index in [2.05, 4.69) is 0 Å². The second-order valence-corrected chi connectivity index (χ2v) is 5.72. The Kier molecular flexibility index (Phi) is 3.64. The van der Waals surface area contributed by atoms with Crippen molar-refractivity contribution in [2.45, 2.75) is 26.7 Å². The van der Waals surface area contributed by atoms with Gasteiger partial charge >= 0.3 is 12.1 Å². The molecule has 5 heteroatoms. The number of carbonyl (C=O) groups is 2. The summed E-state index contributed by atoms with van der Waals surface area (Å²) >= 11 is 0. The fourth-order valence-electron chi connectivity index (χ4n) is 3.34. The number of rotatable bonds is 2. The first-order valence-corrected chi connectivity index (χ1v) is 7.51. The van der Waals surface area contributed by atoms with Gasteiger partial charge in [-0.2, -0.15) is 0 Å². The van der Waals surface area contributed by atoms with Crippen LogP contribution in [0, 0.1) is 6.92 Å². The number of aromatic carboxylic acids is 1. The Hall–Kier alpha value is -2.30. The molecule has 5 nitrogen and oxygen atoms in total. The van der Waals surface area contributed by atoms with Crippen LogP contribution in [0.5, 0.6) is 0 Å². The predicted molar refractivity (Wildman–Crippen MR) is 82.0 cm³/mol. The van der Waals surface area contributed by atoms with Gasteiger partial charge in [0.1, 0.15) is 0 Å². The summed E-state index contributed by atoms with van der Waals surface area (Å²) < 4.78 is 5.07. The Morgan fingerprint density at radius 1 is 1.36 bits per heavy atom. The number of fused-ring (bicyclic) bond motifs is 2. The summed E-state index contributed by atoms with van der Waals surface area (Å²) in [5.41, 5.74) is 5.60. The minimum absolute atomic E-state index is 0.327. The number of nitrogens with zero attached hydrogens (tertiary/aromatic N) is 1. The Labute approximate surface area is 129 Å². The summed E-state index contributed by atoms with van der Waals surface area (Å²) in [5, 5.41) is 9.46. The van der Waals surface area contributed by atoms with E-state index in [1.54, 1.807) is 17.9 Å². The molecule has 3 rings (SSSR count). The van der Waals surface area contributed by atoms with Crippen molar-refractivity contribution >= 4 is 17.6 Å². The zero-order valence-electron chi connectivity index (χ0n) is 12.8. The highest BCUT2D eigenvalue weighted by atomic mass is 16.6. The van der Waals surface area contributed by atoms with Gasteiger partial charge in [0.25, 0.3) is 0 Å².